The van der Waals surface area contributed by atoms with E-state index in [-0.39, 0.29) is 17.7 Å². The number of likely N-dealkylation sites (tertiary alicyclic amines) is 1. The lowest BCUT2D eigenvalue weighted by Crippen LogP contribution is -2.44. The topological polar surface area (TPSA) is 40.6 Å². The van der Waals surface area contributed by atoms with Crippen molar-refractivity contribution in [3.8, 4) is 0 Å². The smallest absolute Gasteiger partial charge is 0.253 e. The van der Waals surface area contributed by atoms with Gasteiger partial charge in [0, 0.05) is 42.1 Å². The number of rotatable bonds is 6. The van der Waals surface area contributed by atoms with Crippen molar-refractivity contribution >= 4 is 27.7 Å². The molecule has 2 rings (SSSR count). The number of halogens is 1. The van der Waals surface area contributed by atoms with Crippen LogP contribution in [0.1, 0.15) is 23.2 Å². The van der Waals surface area contributed by atoms with Crippen LogP contribution in [0.5, 0.6) is 0 Å². The minimum atomic E-state index is -0.0288. The highest BCUT2D eigenvalue weighted by molar-refractivity contribution is 9.10. The summed E-state index contributed by atoms with van der Waals surface area (Å²) in [6.45, 7) is 9.69. The first-order chi connectivity index (χ1) is 11.6. The zero-order chi connectivity index (χ0) is 17.5. The molecule has 1 aliphatic heterocycles. The van der Waals surface area contributed by atoms with E-state index in [9.17, 15) is 9.59 Å². The number of piperidine rings is 1. The van der Waals surface area contributed by atoms with Crippen molar-refractivity contribution in [3.05, 3.63) is 59.6 Å². The highest BCUT2D eigenvalue weighted by Crippen LogP contribution is 2.22. The predicted molar refractivity (Wildman–Crippen MR) is 99.7 cm³/mol. The highest BCUT2D eigenvalue weighted by Gasteiger charge is 2.29. The van der Waals surface area contributed by atoms with Crippen molar-refractivity contribution in [2.75, 3.05) is 26.2 Å². The van der Waals surface area contributed by atoms with Gasteiger partial charge in [-0.1, -0.05) is 28.1 Å². The van der Waals surface area contributed by atoms with Gasteiger partial charge in [-0.2, -0.15) is 0 Å². The molecule has 0 radical (unpaired) electrons. The third-order valence-electron chi connectivity index (χ3n) is 4.23. The Morgan fingerprint density at radius 1 is 1.12 bits per heavy atom. The fourth-order valence-corrected chi connectivity index (χ4v) is 3.19. The van der Waals surface area contributed by atoms with Crippen LogP contribution in [-0.4, -0.2) is 47.8 Å². The van der Waals surface area contributed by atoms with Gasteiger partial charge in [-0.05, 0) is 37.1 Å². The van der Waals surface area contributed by atoms with Crippen molar-refractivity contribution in [2.24, 2.45) is 5.92 Å². The van der Waals surface area contributed by atoms with E-state index in [0.717, 1.165) is 4.47 Å². The lowest BCUT2D eigenvalue weighted by Gasteiger charge is -2.33. The number of carbonyl (C=O) groups is 2. The van der Waals surface area contributed by atoms with Crippen LogP contribution in [0.3, 0.4) is 0 Å². The lowest BCUT2D eigenvalue weighted by atomic mass is 9.94. The fourth-order valence-electron chi connectivity index (χ4n) is 2.93. The maximum atomic E-state index is 12.6. The molecule has 0 aliphatic carbocycles. The molecule has 1 aromatic carbocycles. The van der Waals surface area contributed by atoms with Crippen molar-refractivity contribution < 1.29 is 9.59 Å². The maximum Gasteiger partial charge on any atom is 0.253 e. The highest BCUT2D eigenvalue weighted by atomic mass is 79.9. The minimum absolute atomic E-state index is 0.0288. The van der Waals surface area contributed by atoms with Crippen LogP contribution >= 0.6 is 15.9 Å². The summed E-state index contributed by atoms with van der Waals surface area (Å²) in [6.07, 6.45) is 4.86. The summed E-state index contributed by atoms with van der Waals surface area (Å²) in [5.74, 6) is 0.131. The second kappa shape index (κ2) is 8.83. The summed E-state index contributed by atoms with van der Waals surface area (Å²) < 4.78 is 0.952. The van der Waals surface area contributed by atoms with E-state index in [1.54, 1.807) is 17.1 Å². The fraction of sp³-hybridized carbons (Fsp3) is 0.368. The van der Waals surface area contributed by atoms with Gasteiger partial charge < -0.3 is 9.80 Å². The van der Waals surface area contributed by atoms with Gasteiger partial charge in [0.2, 0.25) is 5.91 Å². The Bertz CT molecular complexity index is 594. The van der Waals surface area contributed by atoms with Crippen molar-refractivity contribution in [3.63, 3.8) is 0 Å². The molecule has 128 valence electrons. The minimum Gasteiger partial charge on any atom is -0.339 e. The van der Waals surface area contributed by atoms with Gasteiger partial charge in [-0.3, -0.25) is 9.59 Å². The lowest BCUT2D eigenvalue weighted by molar-refractivity contribution is -0.135. The summed E-state index contributed by atoms with van der Waals surface area (Å²) in [5.41, 5.74) is 0.683. The quantitative estimate of drug-likeness (QED) is 0.697. The first-order valence-corrected chi connectivity index (χ1v) is 8.91. The molecule has 0 spiro atoms. The molecule has 1 aromatic rings. The van der Waals surface area contributed by atoms with E-state index in [0.29, 0.717) is 44.6 Å². The van der Waals surface area contributed by atoms with Crippen LogP contribution in [-0.2, 0) is 4.79 Å². The van der Waals surface area contributed by atoms with E-state index in [2.05, 4.69) is 29.1 Å². The summed E-state index contributed by atoms with van der Waals surface area (Å²) in [7, 11) is 0. The van der Waals surface area contributed by atoms with Crippen molar-refractivity contribution in [1.82, 2.24) is 9.80 Å². The number of carbonyl (C=O) groups excluding carboxylic acids is 2. The molecule has 0 atom stereocenters. The predicted octanol–water partition coefficient (Wildman–Crippen LogP) is 3.50. The second-order valence-corrected chi connectivity index (χ2v) is 6.81. The third kappa shape index (κ3) is 4.57. The van der Waals surface area contributed by atoms with E-state index in [1.165, 1.54) is 0 Å². The van der Waals surface area contributed by atoms with Crippen LogP contribution in [0, 0.1) is 5.92 Å². The van der Waals surface area contributed by atoms with Crippen LogP contribution in [0.15, 0.2) is 54.0 Å². The molecule has 1 fully saturated rings. The van der Waals surface area contributed by atoms with Gasteiger partial charge in [-0.25, -0.2) is 0 Å². The Kier molecular flexibility index (Phi) is 6.79. The van der Waals surface area contributed by atoms with Crippen molar-refractivity contribution in [2.45, 2.75) is 12.8 Å². The molecule has 1 heterocycles. The van der Waals surface area contributed by atoms with Gasteiger partial charge in [-0.15, -0.1) is 13.2 Å². The van der Waals surface area contributed by atoms with Crippen LogP contribution in [0.4, 0.5) is 0 Å². The molecule has 4 nitrogen and oxygen atoms in total. The van der Waals surface area contributed by atoms with E-state index in [1.807, 2.05) is 29.2 Å². The first-order valence-electron chi connectivity index (χ1n) is 8.12. The number of hydrogen-bond acceptors (Lipinski definition) is 2. The monoisotopic (exact) mass is 390 g/mol. The number of amides is 2. The summed E-state index contributed by atoms with van der Waals surface area (Å²) in [6, 6.07) is 7.37. The number of benzene rings is 1. The van der Waals surface area contributed by atoms with E-state index in [4.69, 9.17) is 0 Å². The zero-order valence-corrected chi connectivity index (χ0v) is 15.4. The molecule has 2 amide bonds. The zero-order valence-electron chi connectivity index (χ0n) is 13.8. The molecule has 1 saturated heterocycles. The number of hydrogen-bond donors (Lipinski definition) is 0. The van der Waals surface area contributed by atoms with Crippen molar-refractivity contribution in [1.29, 1.82) is 0 Å². The largest absolute Gasteiger partial charge is 0.339 e. The molecule has 24 heavy (non-hydrogen) atoms. The Balaban J connectivity index is 1.93. The molecular weight excluding hydrogens is 368 g/mol. The normalized spacial score (nSPS) is 15.0. The van der Waals surface area contributed by atoms with E-state index >= 15 is 0 Å². The average Bonchev–Trinajstić information content (AvgIpc) is 2.61. The molecule has 0 aromatic heterocycles. The summed E-state index contributed by atoms with van der Waals surface area (Å²) >= 11 is 3.37. The molecule has 5 heteroatoms. The van der Waals surface area contributed by atoms with Gasteiger partial charge in [0.25, 0.3) is 5.91 Å². The molecule has 0 N–H and O–H groups in total. The molecule has 0 bridgehead atoms. The van der Waals surface area contributed by atoms with Crippen LogP contribution in [0.2, 0.25) is 0 Å². The van der Waals surface area contributed by atoms with Crippen LogP contribution < -0.4 is 0 Å². The molecule has 1 aliphatic rings. The van der Waals surface area contributed by atoms with Gasteiger partial charge in [0.05, 0.1) is 0 Å². The molecular formula is C19H23BrN2O2. The number of nitrogens with zero attached hydrogens (tertiary/aromatic N) is 2. The second-order valence-electron chi connectivity index (χ2n) is 5.89. The summed E-state index contributed by atoms with van der Waals surface area (Å²) in [5, 5.41) is 0. The van der Waals surface area contributed by atoms with Crippen LogP contribution in [0.25, 0.3) is 0 Å². The molecule has 0 unspecified atom stereocenters. The Hall–Kier alpha value is -1.88. The Morgan fingerprint density at radius 2 is 1.67 bits per heavy atom. The Morgan fingerprint density at radius 3 is 2.17 bits per heavy atom. The SMILES string of the molecule is C=CCN(CC=C)C(=O)C1CCN(C(=O)c2ccc(Br)cc2)CC1. The first kappa shape index (κ1) is 18.5. The maximum absolute atomic E-state index is 12.6. The Labute approximate surface area is 152 Å². The summed E-state index contributed by atoms with van der Waals surface area (Å²) in [4.78, 5) is 28.7. The van der Waals surface area contributed by atoms with E-state index < -0.39 is 0 Å². The van der Waals surface area contributed by atoms with Gasteiger partial charge in [0.1, 0.15) is 0 Å². The van der Waals surface area contributed by atoms with Gasteiger partial charge in [0.15, 0.2) is 0 Å². The third-order valence-corrected chi connectivity index (χ3v) is 4.76. The average molecular weight is 391 g/mol. The van der Waals surface area contributed by atoms with Gasteiger partial charge >= 0.3 is 0 Å². The standard InChI is InChI=1S/C19H23BrN2O2/c1-3-11-21(12-4-2)19(24)16-9-13-22(14-10-16)18(23)15-5-7-17(20)8-6-15/h3-8,16H,1-2,9-14H2. The molecule has 0 saturated carbocycles.